The molecule has 0 radical (unpaired) electrons. The first-order valence-electron chi connectivity index (χ1n) is 7.37. The van der Waals surface area contributed by atoms with Crippen molar-refractivity contribution >= 4 is 5.69 Å². The van der Waals surface area contributed by atoms with Gasteiger partial charge in [0.05, 0.1) is 0 Å². The summed E-state index contributed by atoms with van der Waals surface area (Å²) in [5.74, 6) is 0. The molecule has 0 aromatic heterocycles. The largest absolute Gasteiger partial charge is 0.388 e. The summed E-state index contributed by atoms with van der Waals surface area (Å²) in [6, 6.07) is 27.4. The van der Waals surface area contributed by atoms with E-state index in [1.165, 1.54) is 0 Å². The molecular weight excluding hydrogens is 270 g/mol. The van der Waals surface area contributed by atoms with Crippen LogP contribution >= 0.6 is 0 Å². The van der Waals surface area contributed by atoms with Gasteiger partial charge in [0.15, 0.2) is 0 Å². The highest BCUT2D eigenvalue weighted by molar-refractivity contribution is 5.53. The van der Waals surface area contributed by atoms with Crippen LogP contribution < -0.4 is 5.32 Å². The Hall–Kier alpha value is -2.58. The fourth-order valence-electron chi connectivity index (χ4n) is 2.76. The molecule has 3 rings (SSSR count). The van der Waals surface area contributed by atoms with Crippen molar-refractivity contribution in [3.63, 3.8) is 0 Å². The van der Waals surface area contributed by atoms with Crippen LogP contribution in [0.15, 0.2) is 84.9 Å². The lowest BCUT2D eigenvalue weighted by molar-refractivity contribution is 0.126. The van der Waals surface area contributed by atoms with Gasteiger partial charge in [-0.2, -0.15) is 0 Å². The van der Waals surface area contributed by atoms with Crippen molar-refractivity contribution in [1.82, 2.24) is 0 Å². The van der Waals surface area contributed by atoms with Crippen molar-refractivity contribution in [3.8, 4) is 0 Å². The molecule has 0 saturated carbocycles. The van der Waals surface area contributed by atoms with E-state index in [4.69, 9.17) is 0 Å². The van der Waals surface area contributed by atoms with Gasteiger partial charge in [-0.05, 0) is 28.8 Å². The molecule has 0 aliphatic heterocycles. The molecule has 110 valence electrons. The van der Waals surface area contributed by atoms with Crippen LogP contribution in [0.4, 0.5) is 5.69 Å². The summed E-state index contributed by atoms with van der Waals surface area (Å²) in [6.45, 7) is 0. The average molecular weight is 289 g/mol. The second-order valence-corrected chi connectivity index (χ2v) is 5.27. The van der Waals surface area contributed by atoms with Crippen molar-refractivity contribution in [1.29, 1.82) is 0 Å². The molecule has 3 aromatic rings. The number of rotatable bonds is 4. The fourth-order valence-corrected chi connectivity index (χ4v) is 2.76. The van der Waals surface area contributed by atoms with Crippen molar-refractivity contribution < 1.29 is 5.11 Å². The molecule has 0 amide bonds. The molecule has 0 bridgehead atoms. The van der Waals surface area contributed by atoms with Crippen molar-refractivity contribution in [2.24, 2.45) is 0 Å². The Bertz CT molecular complexity index is 698. The Morgan fingerprint density at radius 3 is 1.68 bits per heavy atom. The lowest BCUT2D eigenvalue weighted by Crippen LogP contribution is -2.28. The molecule has 0 fully saturated rings. The highest BCUT2D eigenvalue weighted by Gasteiger charge is 2.33. The van der Waals surface area contributed by atoms with Gasteiger partial charge in [-0.1, -0.05) is 72.8 Å². The van der Waals surface area contributed by atoms with Gasteiger partial charge in [-0.3, -0.25) is 0 Å². The van der Waals surface area contributed by atoms with Crippen LogP contribution in [-0.4, -0.2) is 12.2 Å². The van der Waals surface area contributed by atoms with Crippen LogP contribution in [0.3, 0.4) is 0 Å². The number of hydrogen-bond acceptors (Lipinski definition) is 2. The Morgan fingerprint density at radius 2 is 1.18 bits per heavy atom. The maximum atomic E-state index is 11.6. The smallest absolute Gasteiger partial charge is 0.140 e. The average Bonchev–Trinajstić information content (AvgIpc) is 2.62. The molecule has 3 aromatic carbocycles. The molecule has 0 unspecified atom stereocenters. The minimum Gasteiger partial charge on any atom is -0.388 e. The van der Waals surface area contributed by atoms with Gasteiger partial charge >= 0.3 is 0 Å². The van der Waals surface area contributed by atoms with Gasteiger partial charge in [0.2, 0.25) is 0 Å². The Morgan fingerprint density at radius 1 is 0.682 bits per heavy atom. The van der Waals surface area contributed by atoms with Crippen LogP contribution in [0.1, 0.15) is 16.7 Å². The molecular formula is C20H19NO. The quantitative estimate of drug-likeness (QED) is 0.711. The van der Waals surface area contributed by atoms with E-state index >= 15 is 0 Å². The molecule has 22 heavy (non-hydrogen) atoms. The fraction of sp³-hybridized carbons (Fsp3) is 0.100. The summed E-state index contributed by atoms with van der Waals surface area (Å²) in [7, 11) is 1.88. The van der Waals surface area contributed by atoms with Gasteiger partial charge in [0.1, 0.15) is 5.60 Å². The van der Waals surface area contributed by atoms with Gasteiger partial charge in [-0.25, -0.2) is 0 Å². The van der Waals surface area contributed by atoms with Crippen LogP contribution in [0.5, 0.6) is 0 Å². The highest BCUT2D eigenvalue weighted by Crippen LogP contribution is 2.37. The molecule has 2 heteroatoms. The van der Waals surface area contributed by atoms with Gasteiger partial charge in [0.25, 0.3) is 0 Å². The van der Waals surface area contributed by atoms with E-state index in [1.807, 2.05) is 92.0 Å². The SMILES string of the molecule is CNc1cccc(C(O)(c2ccccc2)c2ccccc2)c1. The predicted molar refractivity (Wildman–Crippen MR) is 91.0 cm³/mol. The number of benzene rings is 3. The number of anilines is 1. The third-order valence-corrected chi connectivity index (χ3v) is 3.95. The van der Waals surface area contributed by atoms with E-state index in [1.54, 1.807) is 0 Å². The zero-order valence-corrected chi connectivity index (χ0v) is 12.5. The maximum absolute atomic E-state index is 11.6. The van der Waals surface area contributed by atoms with Crippen LogP contribution in [-0.2, 0) is 5.60 Å². The van der Waals surface area contributed by atoms with E-state index in [2.05, 4.69) is 5.32 Å². The lowest BCUT2D eigenvalue weighted by atomic mass is 9.80. The van der Waals surface area contributed by atoms with Gasteiger partial charge in [-0.15, -0.1) is 0 Å². The second-order valence-electron chi connectivity index (χ2n) is 5.27. The van der Waals surface area contributed by atoms with Crippen LogP contribution in [0.25, 0.3) is 0 Å². The van der Waals surface area contributed by atoms with E-state index in [0.717, 1.165) is 22.4 Å². The summed E-state index contributed by atoms with van der Waals surface area (Å²) in [5.41, 5.74) is 2.36. The van der Waals surface area contributed by atoms with Crippen LogP contribution in [0.2, 0.25) is 0 Å². The standard InChI is InChI=1S/C20H19NO/c1-21-19-14-8-13-18(15-19)20(22,16-9-4-2-5-10-16)17-11-6-3-7-12-17/h2-15,21-22H,1H3. The molecule has 0 saturated heterocycles. The normalized spacial score (nSPS) is 11.2. The third kappa shape index (κ3) is 2.49. The first-order chi connectivity index (χ1) is 10.7. The predicted octanol–water partition coefficient (Wildman–Crippen LogP) is 4.01. The highest BCUT2D eigenvalue weighted by atomic mass is 16.3. The van der Waals surface area contributed by atoms with Crippen molar-refractivity contribution in [2.45, 2.75) is 5.60 Å². The molecule has 0 atom stereocenters. The molecule has 0 aliphatic carbocycles. The number of nitrogens with one attached hydrogen (secondary N) is 1. The van der Waals surface area contributed by atoms with Crippen LogP contribution in [0, 0.1) is 0 Å². The lowest BCUT2D eigenvalue weighted by Gasteiger charge is -2.30. The first-order valence-corrected chi connectivity index (χ1v) is 7.37. The molecule has 2 N–H and O–H groups in total. The Labute approximate surface area is 131 Å². The topological polar surface area (TPSA) is 32.3 Å². The van der Waals surface area contributed by atoms with E-state index in [9.17, 15) is 5.11 Å². The van der Waals surface area contributed by atoms with E-state index in [0.29, 0.717) is 0 Å². The molecule has 0 aliphatic rings. The summed E-state index contributed by atoms with van der Waals surface area (Å²) in [6.07, 6.45) is 0. The Balaban J connectivity index is 2.23. The number of aliphatic hydroxyl groups is 1. The molecule has 0 spiro atoms. The Kier molecular flexibility index (Phi) is 3.94. The summed E-state index contributed by atoms with van der Waals surface area (Å²) >= 11 is 0. The summed E-state index contributed by atoms with van der Waals surface area (Å²) in [5, 5.41) is 14.7. The first kappa shape index (κ1) is 14.4. The molecule has 2 nitrogen and oxygen atoms in total. The zero-order chi connectivity index (χ0) is 15.4. The van der Waals surface area contributed by atoms with Crippen molar-refractivity contribution in [3.05, 3.63) is 102 Å². The minimum absolute atomic E-state index is 0.844. The van der Waals surface area contributed by atoms with Gasteiger partial charge in [0, 0.05) is 12.7 Å². The number of hydrogen-bond donors (Lipinski definition) is 2. The van der Waals surface area contributed by atoms with E-state index in [-0.39, 0.29) is 0 Å². The molecule has 0 heterocycles. The summed E-state index contributed by atoms with van der Waals surface area (Å²) < 4.78 is 0. The summed E-state index contributed by atoms with van der Waals surface area (Å²) in [4.78, 5) is 0. The maximum Gasteiger partial charge on any atom is 0.140 e. The second kappa shape index (κ2) is 6.04. The third-order valence-electron chi connectivity index (χ3n) is 3.95. The van der Waals surface area contributed by atoms with Gasteiger partial charge < -0.3 is 10.4 Å². The van der Waals surface area contributed by atoms with Crippen molar-refractivity contribution in [2.75, 3.05) is 12.4 Å². The zero-order valence-electron chi connectivity index (χ0n) is 12.5. The van der Waals surface area contributed by atoms with E-state index < -0.39 is 5.60 Å². The monoisotopic (exact) mass is 289 g/mol. The minimum atomic E-state index is -1.17.